The van der Waals surface area contributed by atoms with E-state index >= 15 is 0 Å². The van der Waals surface area contributed by atoms with Gasteiger partial charge >= 0.3 is 0 Å². The fourth-order valence-electron chi connectivity index (χ4n) is 3.59. The fraction of sp³-hybridized carbons (Fsp3) is 0.269. The van der Waals surface area contributed by atoms with Gasteiger partial charge in [-0.05, 0) is 55.0 Å². The Balaban J connectivity index is 1.48. The number of hydrogen-bond donors (Lipinski definition) is 1. The van der Waals surface area contributed by atoms with Crippen LogP contribution in [0.15, 0.2) is 52.9 Å². The number of anilines is 1. The lowest BCUT2D eigenvalue weighted by Gasteiger charge is -2.29. The minimum atomic E-state index is -0.561. The summed E-state index contributed by atoms with van der Waals surface area (Å²) in [6, 6.07) is 12.2. The summed E-state index contributed by atoms with van der Waals surface area (Å²) in [5, 5.41) is 2.66. The standard InChI is InChI=1S/C26H25FN2O7/c1-16-3-6-19(27)24(11-16)34-14-21(30)17-4-7-22-20(12-17)29(25(31)15-35-22)13-18-5-8-23(36-18)26(32)28-9-10-33-2/h3-8,11-12H,9-10,13-15H2,1-2H3,(H,28,32). The SMILES string of the molecule is COCCNC(=O)c1ccc(CN2C(=O)COc3ccc(C(=O)COc4cc(C)ccc4F)cc32)o1. The Bertz CT molecular complexity index is 1290. The first kappa shape index (κ1) is 24.9. The van der Waals surface area contributed by atoms with Gasteiger partial charge in [0.05, 0.1) is 18.8 Å². The number of ketones is 1. The van der Waals surface area contributed by atoms with Crippen LogP contribution in [0.25, 0.3) is 0 Å². The summed E-state index contributed by atoms with van der Waals surface area (Å²) in [7, 11) is 1.53. The molecule has 0 atom stereocenters. The van der Waals surface area contributed by atoms with E-state index in [1.807, 2.05) is 0 Å². The summed E-state index contributed by atoms with van der Waals surface area (Å²) >= 11 is 0. The van der Waals surface area contributed by atoms with Crippen LogP contribution in [0.5, 0.6) is 11.5 Å². The molecule has 188 valence electrons. The van der Waals surface area contributed by atoms with Crippen molar-refractivity contribution < 1.29 is 37.4 Å². The zero-order chi connectivity index (χ0) is 25.7. The average Bonchev–Trinajstić information content (AvgIpc) is 3.35. The molecule has 1 aliphatic rings. The number of ether oxygens (including phenoxy) is 3. The average molecular weight is 496 g/mol. The second-order valence-electron chi connectivity index (χ2n) is 8.11. The van der Waals surface area contributed by atoms with Gasteiger partial charge in [0.25, 0.3) is 11.8 Å². The van der Waals surface area contributed by atoms with Crippen LogP contribution in [0.2, 0.25) is 0 Å². The number of carbonyl (C=O) groups is 3. The van der Waals surface area contributed by atoms with Crippen molar-refractivity contribution in [3.8, 4) is 11.5 Å². The molecule has 2 heterocycles. The highest BCUT2D eigenvalue weighted by Gasteiger charge is 2.28. The number of furan rings is 1. The molecule has 1 aliphatic heterocycles. The van der Waals surface area contributed by atoms with E-state index in [0.29, 0.717) is 30.3 Å². The maximum absolute atomic E-state index is 13.9. The van der Waals surface area contributed by atoms with Gasteiger partial charge in [-0.25, -0.2) is 4.39 Å². The van der Waals surface area contributed by atoms with Crippen LogP contribution in [-0.4, -0.2) is 51.1 Å². The quantitative estimate of drug-likeness (QED) is 0.339. The number of halogens is 1. The van der Waals surface area contributed by atoms with Crippen molar-refractivity contribution >= 4 is 23.3 Å². The van der Waals surface area contributed by atoms with Crippen LogP contribution in [0.4, 0.5) is 10.1 Å². The third-order valence-corrected chi connectivity index (χ3v) is 5.46. The Morgan fingerprint density at radius 2 is 1.97 bits per heavy atom. The number of carbonyl (C=O) groups excluding carboxylic acids is 3. The van der Waals surface area contributed by atoms with E-state index in [4.69, 9.17) is 18.6 Å². The molecule has 3 aromatic rings. The lowest BCUT2D eigenvalue weighted by atomic mass is 10.1. The third kappa shape index (κ3) is 5.72. The lowest BCUT2D eigenvalue weighted by molar-refractivity contribution is -0.121. The van der Waals surface area contributed by atoms with Crippen molar-refractivity contribution in [2.24, 2.45) is 0 Å². The smallest absolute Gasteiger partial charge is 0.287 e. The van der Waals surface area contributed by atoms with Crippen LogP contribution in [-0.2, 0) is 16.1 Å². The number of Topliss-reactive ketones (excluding diaryl/α,β-unsaturated/α-hetero) is 1. The number of fused-ring (bicyclic) bond motifs is 1. The van der Waals surface area contributed by atoms with Crippen LogP contribution in [0.3, 0.4) is 0 Å². The minimum Gasteiger partial charge on any atom is -0.482 e. The monoisotopic (exact) mass is 496 g/mol. The number of methoxy groups -OCH3 is 1. The number of hydrogen-bond acceptors (Lipinski definition) is 7. The van der Waals surface area contributed by atoms with E-state index in [1.54, 1.807) is 31.2 Å². The highest BCUT2D eigenvalue weighted by atomic mass is 19.1. The van der Waals surface area contributed by atoms with E-state index in [0.717, 1.165) is 5.56 Å². The number of rotatable bonds is 10. The van der Waals surface area contributed by atoms with Crippen molar-refractivity contribution in [1.82, 2.24) is 5.32 Å². The molecular formula is C26H25FN2O7. The van der Waals surface area contributed by atoms with Gasteiger partial charge in [-0.15, -0.1) is 0 Å². The second-order valence-corrected chi connectivity index (χ2v) is 8.11. The molecule has 0 aliphatic carbocycles. The van der Waals surface area contributed by atoms with Crippen molar-refractivity contribution in [3.05, 3.63) is 77.0 Å². The molecule has 1 N–H and O–H groups in total. The van der Waals surface area contributed by atoms with Crippen LogP contribution in [0, 0.1) is 12.7 Å². The molecule has 10 heteroatoms. The number of benzene rings is 2. The fourth-order valence-corrected chi connectivity index (χ4v) is 3.59. The van der Waals surface area contributed by atoms with Crippen LogP contribution in [0.1, 0.15) is 32.2 Å². The zero-order valence-electron chi connectivity index (χ0n) is 19.8. The normalized spacial score (nSPS) is 12.6. The molecule has 0 spiro atoms. The van der Waals surface area contributed by atoms with E-state index < -0.39 is 17.5 Å². The molecule has 0 radical (unpaired) electrons. The molecule has 9 nitrogen and oxygen atoms in total. The summed E-state index contributed by atoms with van der Waals surface area (Å²) in [4.78, 5) is 39.0. The molecule has 0 saturated heterocycles. The first-order valence-electron chi connectivity index (χ1n) is 11.2. The predicted molar refractivity (Wildman–Crippen MR) is 127 cm³/mol. The summed E-state index contributed by atoms with van der Waals surface area (Å²) < 4.78 is 35.4. The van der Waals surface area contributed by atoms with Gasteiger partial charge in [0, 0.05) is 19.2 Å². The third-order valence-electron chi connectivity index (χ3n) is 5.46. The summed E-state index contributed by atoms with van der Waals surface area (Å²) in [5.41, 5.74) is 1.44. The van der Waals surface area contributed by atoms with Gasteiger partial charge in [0.2, 0.25) is 0 Å². The Morgan fingerprint density at radius 3 is 2.78 bits per heavy atom. The molecule has 0 saturated carbocycles. The summed E-state index contributed by atoms with van der Waals surface area (Å²) in [6.45, 7) is 1.96. The Kier molecular flexibility index (Phi) is 7.65. The highest BCUT2D eigenvalue weighted by molar-refractivity contribution is 6.02. The molecule has 2 aromatic carbocycles. The van der Waals surface area contributed by atoms with Gasteiger partial charge in [-0.2, -0.15) is 0 Å². The van der Waals surface area contributed by atoms with E-state index in [2.05, 4.69) is 5.32 Å². The van der Waals surface area contributed by atoms with Crippen LogP contribution < -0.4 is 19.7 Å². The Hall–Kier alpha value is -4.18. The molecule has 0 unspecified atom stereocenters. The van der Waals surface area contributed by atoms with Gasteiger partial charge in [-0.3, -0.25) is 19.3 Å². The Morgan fingerprint density at radius 1 is 1.14 bits per heavy atom. The molecule has 36 heavy (non-hydrogen) atoms. The second kappa shape index (κ2) is 11.0. The first-order chi connectivity index (χ1) is 17.4. The summed E-state index contributed by atoms with van der Waals surface area (Å²) in [5.74, 6) is -0.812. The minimum absolute atomic E-state index is 0.0127. The van der Waals surface area contributed by atoms with Crippen molar-refractivity contribution in [2.45, 2.75) is 13.5 Å². The zero-order valence-corrected chi connectivity index (χ0v) is 19.8. The molecule has 0 bridgehead atoms. The molecule has 1 aromatic heterocycles. The maximum atomic E-state index is 13.9. The topological polar surface area (TPSA) is 107 Å². The van der Waals surface area contributed by atoms with E-state index in [1.165, 1.54) is 36.3 Å². The number of nitrogens with zero attached hydrogens (tertiary/aromatic N) is 1. The van der Waals surface area contributed by atoms with Gasteiger partial charge < -0.3 is 23.9 Å². The lowest BCUT2D eigenvalue weighted by Crippen LogP contribution is -2.38. The van der Waals surface area contributed by atoms with Crippen molar-refractivity contribution in [1.29, 1.82) is 0 Å². The highest BCUT2D eigenvalue weighted by Crippen LogP contribution is 2.34. The van der Waals surface area contributed by atoms with Gasteiger partial charge in [0.1, 0.15) is 11.5 Å². The summed E-state index contributed by atoms with van der Waals surface area (Å²) in [6.07, 6.45) is 0. The molecule has 2 amide bonds. The molecular weight excluding hydrogens is 471 g/mol. The molecule has 4 rings (SSSR count). The van der Waals surface area contributed by atoms with Gasteiger partial charge in [-0.1, -0.05) is 6.07 Å². The maximum Gasteiger partial charge on any atom is 0.287 e. The van der Waals surface area contributed by atoms with E-state index in [9.17, 15) is 18.8 Å². The molecule has 0 fully saturated rings. The first-order valence-corrected chi connectivity index (χ1v) is 11.2. The van der Waals surface area contributed by atoms with Crippen molar-refractivity contribution in [3.63, 3.8) is 0 Å². The van der Waals surface area contributed by atoms with Gasteiger partial charge in [0.15, 0.2) is 36.3 Å². The number of amides is 2. The van der Waals surface area contributed by atoms with E-state index in [-0.39, 0.29) is 42.7 Å². The van der Waals surface area contributed by atoms with Crippen molar-refractivity contribution in [2.75, 3.05) is 38.4 Å². The number of nitrogens with one attached hydrogen (secondary N) is 1. The van der Waals surface area contributed by atoms with Crippen LogP contribution >= 0.6 is 0 Å². The predicted octanol–water partition coefficient (Wildman–Crippen LogP) is 3.29. The Labute approximate surface area is 206 Å². The largest absolute Gasteiger partial charge is 0.482 e. The number of aryl methyl sites for hydroxylation is 1.